The zero-order valence-electron chi connectivity index (χ0n) is 14.6. The van der Waals surface area contributed by atoms with Gasteiger partial charge in [0.1, 0.15) is 11.1 Å². The van der Waals surface area contributed by atoms with Gasteiger partial charge in [0.15, 0.2) is 0 Å². The highest BCUT2D eigenvalue weighted by molar-refractivity contribution is 8.00. The van der Waals surface area contributed by atoms with Crippen LogP contribution in [0.5, 0.6) is 0 Å². The maximum atomic E-state index is 13.5. The predicted molar refractivity (Wildman–Crippen MR) is 105 cm³/mol. The molecule has 1 saturated heterocycles. The lowest BCUT2D eigenvalue weighted by atomic mass is 9.90. The molecule has 1 aliphatic rings. The minimum Gasteiger partial charge on any atom is -0.341 e. The van der Waals surface area contributed by atoms with Crippen molar-refractivity contribution in [2.24, 2.45) is 11.1 Å². The van der Waals surface area contributed by atoms with E-state index in [-0.39, 0.29) is 16.3 Å². The van der Waals surface area contributed by atoms with E-state index in [9.17, 15) is 9.18 Å². The van der Waals surface area contributed by atoms with Gasteiger partial charge in [0, 0.05) is 18.0 Å². The Morgan fingerprint density at radius 1 is 1.35 bits per heavy atom. The summed E-state index contributed by atoms with van der Waals surface area (Å²) in [5.74, 6) is -0.407. The van der Waals surface area contributed by atoms with E-state index in [0.29, 0.717) is 19.6 Å². The summed E-state index contributed by atoms with van der Waals surface area (Å²) in [7, 11) is 0. The second-order valence-electron chi connectivity index (χ2n) is 7.01. The molecule has 0 radical (unpaired) electrons. The van der Waals surface area contributed by atoms with Gasteiger partial charge in [-0.3, -0.25) is 4.79 Å². The third kappa shape index (κ3) is 4.22. The Morgan fingerprint density at radius 3 is 2.69 bits per heavy atom. The molecule has 26 heavy (non-hydrogen) atoms. The molecule has 3 rings (SSSR count). The average molecular weight is 393 g/mol. The van der Waals surface area contributed by atoms with Crippen molar-refractivity contribution in [3.8, 4) is 0 Å². The van der Waals surface area contributed by atoms with Gasteiger partial charge in [0.25, 0.3) is 0 Å². The Balaban J connectivity index is 1.86. The van der Waals surface area contributed by atoms with Crippen molar-refractivity contribution in [2.75, 3.05) is 19.6 Å². The van der Waals surface area contributed by atoms with Gasteiger partial charge in [-0.05, 0) is 42.1 Å². The van der Waals surface area contributed by atoms with Crippen LogP contribution < -0.4 is 5.73 Å². The summed E-state index contributed by atoms with van der Waals surface area (Å²) in [6.45, 7) is 4.05. The molecule has 2 aromatic carbocycles. The molecule has 2 aromatic rings. The minimum atomic E-state index is -0.461. The van der Waals surface area contributed by atoms with Crippen LogP contribution in [0.4, 0.5) is 4.39 Å². The number of benzene rings is 2. The molecular formula is C20H22ClFN2OS. The fourth-order valence-electron chi connectivity index (χ4n) is 3.12. The topological polar surface area (TPSA) is 46.3 Å². The number of rotatable bonds is 5. The second-order valence-corrected chi connectivity index (χ2v) is 8.59. The van der Waals surface area contributed by atoms with E-state index in [2.05, 4.69) is 6.92 Å². The van der Waals surface area contributed by atoms with Crippen LogP contribution in [0.3, 0.4) is 0 Å². The average Bonchev–Trinajstić information content (AvgIpc) is 3.06. The molecule has 6 heteroatoms. The van der Waals surface area contributed by atoms with Crippen molar-refractivity contribution in [2.45, 2.75) is 23.5 Å². The van der Waals surface area contributed by atoms with Crippen molar-refractivity contribution < 1.29 is 9.18 Å². The summed E-state index contributed by atoms with van der Waals surface area (Å²) in [5.41, 5.74) is 6.77. The van der Waals surface area contributed by atoms with Gasteiger partial charge in [-0.25, -0.2) is 4.39 Å². The largest absolute Gasteiger partial charge is 0.341 e. The zero-order valence-corrected chi connectivity index (χ0v) is 16.2. The molecule has 0 saturated carbocycles. The SMILES string of the molecule is CC1(CN)CCN(C(=O)C(Sc2ccc(F)c(Cl)c2)c2ccccc2)C1. The molecular weight excluding hydrogens is 371 g/mol. The highest BCUT2D eigenvalue weighted by Crippen LogP contribution is 2.40. The zero-order chi connectivity index (χ0) is 18.7. The van der Waals surface area contributed by atoms with Gasteiger partial charge in [-0.1, -0.05) is 48.9 Å². The molecule has 1 aliphatic heterocycles. The lowest BCUT2D eigenvalue weighted by Crippen LogP contribution is -2.36. The van der Waals surface area contributed by atoms with Gasteiger partial charge in [0.2, 0.25) is 5.91 Å². The van der Waals surface area contributed by atoms with E-state index in [0.717, 1.165) is 16.9 Å². The summed E-state index contributed by atoms with van der Waals surface area (Å²) in [5, 5.41) is -0.344. The summed E-state index contributed by atoms with van der Waals surface area (Å²) in [4.78, 5) is 15.9. The molecule has 0 spiro atoms. The van der Waals surface area contributed by atoms with Crippen LogP contribution in [-0.4, -0.2) is 30.4 Å². The van der Waals surface area contributed by atoms with Crippen LogP contribution in [-0.2, 0) is 4.79 Å². The van der Waals surface area contributed by atoms with Gasteiger partial charge in [-0.15, -0.1) is 11.8 Å². The van der Waals surface area contributed by atoms with E-state index in [1.807, 2.05) is 35.2 Å². The number of nitrogens with zero attached hydrogens (tertiary/aromatic N) is 1. The van der Waals surface area contributed by atoms with Crippen molar-refractivity contribution in [1.29, 1.82) is 0 Å². The van der Waals surface area contributed by atoms with E-state index in [4.69, 9.17) is 17.3 Å². The van der Waals surface area contributed by atoms with Crippen LogP contribution in [0.15, 0.2) is 53.4 Å². The number of nitrogens with two attached hydrogens (primary N) is 1. The Kier molecular flexibility index (Phi) is 5.90. The quantitative estimate of drug-likeness (QED) is 0.761. The van der Waals surface area contributed by atoms with Crippen LogP contribution in [0.2, 0.25) is 5.02 Å². The van der Waals surface area contributed by atoms with E-state index in [1.165, 1.54) is 17.8 Å². The molecule has 2 atom stereocenters. The smallest absolute Gasteiger partial charge is 0.240 e. The maximum absolute atomic E-state index is 13.5. The van der Waals surface area contributed by atoms with Crippen LogP contribution in [0, 0.1) is 11.2 Å². The van der Waals surface area contributed by atoms with Crippen molar-refractivity contribution in [3.05, 3.63) is 64.9 Å². The normalized spacial score (nSPS) is 21.0. The van der Waals surface area contributed by atoms with Gasteiger partial charge >= 0.3 is 0 Å². The standard InChI is InChI=1S/C20H22ClFN2OS/c1-20(12-23)9-10-24(13-20)19(25)18(14-5-3-2-4-6-14)26-15-7-8-17(22)16(21)11-15/h2-8,11,18H,9-10,12-13,23H2,1H3. The third-order valence-electron chi connectivity index (χ3n) is 4.83. The molecule has 138 valence electrons. The van der Waals surface area contributed by atoms with E-state index >= 15 is 0 Å². The van der Waals surface area contributed by atoms with Crippen LogP contribution >= 0.6 is 23.4 Å². The minimum absolute atomic E-state index is 0.0270. The number of amides is 1. The number of thioether (sulfide) groups is 1. The Morgan fingerprint density at radius 2 is 2.08 bits per heavy atom. The molecule has 3 nitrogen and oxygen atoms in total. The van der Waals surface area contributed by atoms with Crippen LogP contribution in [0.1, 0.15) is 24.2 Å². The molecule has 2 unspecified atom stereocenters. The van der Waals surface area contributed by atoms with E-state index < -0.39 is 11.1 Å². The molecule has 0 aliphatic carbocycles. The van der Waals surface area contributed by atoms with Crippen molar-refractivity contribution >= 4 is 29.3 Å². The summed E-state index contributed by atoms with van der Waals surface area (Å²) in [6, 6.07) is 14.2. The number of carbonyl (C=O) groups excluding carboxylic acids is 1. The number of likely N-dealkylation sites (tertiary alicyclic amines) is 1. The monoisotopic (exact) mass is 392 g/mol. The lowest BCUT2D eigenvalue weighted by molar-refractivity contribution is -0.130. The fraction of sp³-hybridized carbons (Fsp3) is 0.350. The fourth-order valence-corrected chi connectivity index (χ4v) is 4.51. The first-order valence-corrected chi connectivity index (χ1v) is 9.83. The Bertz CT molecular complexity index is 789. The molecule has 0 bridgehead atoms. The third-order valence-corrected chi connectivity index (χ3v) is 6.36. The summed E-state index contributed by atoms with van der Waals surface area (Å²) >= 11 is 7.30. The number of hydrogen-bond acceptors (Lipinski definition) is 3. The second kappa shape index (κ2) is 7.99. The summed E-state index contributed by atoms with van der Waals surface area (Å²) < 4.78 is 13.5. The lowest BCUT2D eigenvalue weighted by Gasteiger charge is -2.26. The first kappa shape index (κ1) is 19.2. The number of hydrogen-bond donors (Lipinski definition) is 1. The predicted octanol–water partition coefficient (Wildman–Crippen LogP) is 4.51. The molecule has 1 fully saturated rings. The molecule has 1 amide bonds. The first-order valence-electron chi connectivity index (χ1n) is 8.57. The first-order chi connectivity index (χ1) is 12.4. The van der Waals surface area contributed by atoms with Gasteiger partial charge in [-0.2, -0.15) is 0 Å². The van der Waals surface area contributed by atoms with E-state index in [1.54, 1.807) is 12.1 Å². The number of halogens is 2. The Hall–Kier alpha value is -1.56. The maximum Gasteiger partial charge on any atom is 0.240 e. The highest BCUT2D eigenvalue weighted by Gasteiger charge is 2.37. The molecule has 1 heterocycles. The Labute approximate surface area is 162 Å². The van der Waals surface area contributed by atoms with Gasteiger partial charge in [0.05, 0.1) is 5.02 Å². The van der Waals surface area contributed by atoms with Crippen molar-refractivity contribution in [1.82, 2.24) is 4.90 Å². The summed E-state index contributed by atoms with van der Waals surface area (Å²) in [6.07, 6.45) is 0.907. The highest BCUT2D eigenvalue weighted by atomic mass is 35.5. The molecule has 2 N–H and O–H groups in total. The van der Waals surface area contributed by atoms with Gasteiger partial charge < -0.3 is 10.6 Å². The van der Waals surface area contributed by atoms with Crippen LogP contribution in [0.25, 0.3) is 0 Å². The molecule has 0 aromatic heterocycles. The number of carbonyl (C=O) groups is 1. The van der Waals surface area contributed by atoms with Crippen molar-refractivity contribution in [3.63, 3.8) is 0 Å².